The van der Waals surface area contributed by atoms with E-state index < -0.39 is 0 Å². The van der Waals surface area contributed by atoms with Crippen molar-refractivity contribution in [3.63, 3.8) is 0 Å². The summed E-state index contributed by atoms with van der Waals surface area (Å²) in [5.41, 5.74) is 0.846. The lowest BCUT2D eigenvalue weighted by atomic mass is 10.00. The quantitative estimate of drug-likeness (QED) is 0.672. The molecule has 0 saturated carbocycles. The number of ether oxygens (including phenoxy) is 2. The van der Waals surface area contributed by atoms with Gasteiger partial charge < -0.3 is 25.2 Å². The lowest BCUT2D eigenvalue weighted by Crippen LogP contribution is -2.47. The zero-order valence-corrected chi connectivity index (χ0v) is 15.6. The van der Waals surface area contributed by atoms with Crippen LogP contribution in [0.1, 0.15) is 55.5 Å². The van der Waals surface area contributed by atoms with E-state index in [0.29, 0.717) is 17.7 Å². The number of aryl methyl sites for hydroxylation is 1. The van der Waals surface area contributed by atoms with Crippen molar-refractivity contribution in [1.29, 1.82) is 0 Å². The third kappa shape index (κ3) is 4.18. The number of amides is 1. The summed E-state index contributed by atoms with van der Waals surface area (Å²) >= 11 is 0. The Hall–Kier alpha value is -1.95. The molecule has 1 saturated heterocycles. The summed E-state index contributed by atoms with van der Waals surface area (Å²) < 4.78 is 10.8. The molecule has 0 bridgehead atoms. The molecule has 6 heteroatoms. The van der Waals surface area contributed by atoms with Gasteiger partial charge in [0, 0.05) is 12.1 Å². The maximum atomic E-state index is 13.0. The van der Waals surface area contributed by atoms with Crippen LogP contribution in [0.4, 0.5) is 0 Å². The van der Waals surface area contributed by atoms with Crippen LogP contribution in [0.25, 0.3) is 0 Å². The molecule has 2 rings (SSSR count). The molecule has 1 aromatic rings. The Labute approximate surface area is 149 Å². The van der Waals surface area contributed by atoms with Gasteiger partial charge in [0.05, 0.1) is 14.2 Å². The summed E-state index contributed by atoms with van der Waals surface area (Å²) in [5.74, 6) is 0.380. The average molecular weight is 350 g/mol. The fraction of sp³-hybridized carbons (Fsp3) is 0.632. The minimum Gasteiger partial charge on any atom is -0.507 e. The fourth-order valence-electron chi connectivity index (χ4n) is 3.49. The van der Waals surface area contributed by atoms with Crippen molar-refractivity contribution < 1.29 is 19.4 Å². The van der Waals surface area contributed by atoms with Gasteiger partial charge >= 0.3 is 0 Å². The van der Waals surface area contributed by atoms with Crippen LogP contribution >= 0.6 is 0 Å². The Morgan fingerprint density at radius 1 is 1.40 bits per heavy atom. The molecule has 2 atom stereocenters. The molecule has 6 nitrogen and oxygen atoms in total. The first-order valence-corrected chi connectivity index (χ1v) is 9.08. The fourth-order valence-corrected chi connectivity index (χ4v) is 3.49. The summed E-state index contributed by atoms with van der Waals surface area (Å²) in [6, 6.07) is 2.02. The molecule has 140 valence electrons. The monoisotopic (exact) mass is 350 g/mol. The van der Waals surface area contributed by atoms with Gasteiger partial charge in [-0.05, 0) is 43.9 Å². The highest BCUT2D eigenvalue weighted by Crippen LogP contribution is 2.40. The Morgan fingerprint density at radius 3 is 2.68 bits per heavy atom. The molecule has 1 aromatic carbocycles. The molecular formula is C19H30N2O4. The van der Waals surface area contributed by atoms with Crippen molar-refractivity contribution >= 4 is 5.91 Å². The third-order valence-electron chi connectivity index (χ3n) is 4.81. The van der Waals surface area contributed by atoms with E-state index >= 15 is 0 Å². The summed E-state index contributed by atoms with van der Waals surface area (Å²) in [7, 11) is 3.01. The second kappa shape index (κ2) is 8.94. The number of aromatic hydroxyl groups is 1. The number of phenolic OH excluding ortho intramolecular Hbond substituents is 1. The van der Waals surface area contributed by atoms with Gasteiger partial charge in [-0.2, -0.15) is 0 Å². The van der Waals surface area contributed by atoms with Crippen LogP contribution in [0.3, 0.4) is 0 Å². The molecule has 1 fully saturated rings. The number of phenols is 1. The van der Waals surface area contributed by atoms with E-state index in [1.807, 2.05) is 6.92 Å². The van der Waals surface area contributed by atoms with Gasteiger partial charge in [-0.3, -0.25) is 4.79 Å². The summed E-state index contributed by atoms with van der Waals surface area (Å²) in [6.07, 6.45) is 4.49. The lowest BCUT2D eigenvalue weighted by Gasteiger charge is -2.25. The number of rotatable bonds is 8. The number of carbonyl (C=O) groups excluding carboxylic acids is 1. The first-order chi connectivity index (χ1) is 12.1. The van der Waals surface area contributed by atoms with Crippen LogP contribution < -0.4 is 20.1 Å². The second-order valence-corrected chi connectivity index (χ2v) is 6.44. The van der Waals surface area contributed by atoms with E-state index in [4.69, 9.17) is 9.47 Å². The van der Waals surface area contributed by atoms with Gasteiger partial charge in [-0.15, -0.1) is 0 Å². The van der Waals surface area contributed by atoms with Crippen molar-refractivity contribution in [1.82, 2.24) is 10.6 Å². The van der Waals surface area contributed by atoms with Gasteiger partial charge in [-0.25, -0.2) is 0 Å². The lowest BCUT2D eigenvalue weighted by molar-refractivity contribution is 0.0920. The zero-order chi connectivity index (χ0) is 18.4. The third-order valence-corrected chi connectivity index (χ3v) is 4.81. The van der Waals surface area contributed by atoms with Crippen LogP contribution in [0.15, 0.2) is 6.07 Å². The molecule has 0 radical (unpaired) electrons. The smallest absolute Gasteiger partial charge is 0.259 e. The van der Waals surface area contributed by atoms with E-state index in [1.165, 1.54) is 14.2 Å². The topological polar surface area (TPSA) is 79.8 Å². The Bertz CT molecular complexity index is 598. The van der Waals surface area contributed by atoms with Gasteiger partial charge in [0.1, 0.15) is 11.3 Å². The predicted octanol–water partition coefficient (Wildman–Crippen LogP) is 2.62. The van der Waals surface area contributed by atoms with Crippen molar-refractivity contribution in [3.8, 4) is 17.2 Å². The van der Waals surface area contributed by atoms with E-state index in [-0.39, 0.29) is 35.1 Å². The van der Waals surface area contributed by atoms with Crippen LogP contribution in [0.2, 0.25) is 0 Å². The zero-order valence-electron chi connectivity index (χ0n) is 15.6. The number of methoxy groups -OCH3 is 2. The first kappa shape index (κ1) is 19.4. The van der Waals surface area contributed by atoms with Crippen LogP contribution in [-0.4, -0.2) is 43.9 Å². The van der Waals surface area contributed by atoms with E-state index in [2.05, 4.69) is 17.6 Å². The number of hydrogen-bond acceptors (Lipinski definition) is 5. The number of nitrogens with one attached hydrogen (secondary N) is 2. The molecule has 2 unspecified atom stereocenters. The highest BCUT2D eigenvalue weighted by molar-refractivity contribution is 6.01. The molecule has 0 aromatic heterocycles. The second-order valence-electron chi connectivity index (χ2n) is 6.44. The van der Waals surface area contributed by atoms with Gasteiger partial charge in [0.15, 0.2) is 11.5 Å². The molecule has 1 amide bonds. The van der Waals surface area contributed by atoms with Crippen molar-refractivity contribution in [2.24, 2.45) is 0 Å². The molecule has 1 aliphatic heterocycles. The van der Waals surface area contributed by atoms with Crippen LogP contribution in [0, 0.1) is 0 Å². The van der Waals surface area contributed by atoms with Crippen LogP contribution in [-0.2, 0) is 6.42 Å². The molecule has 3 N–H and O–H groups in total. The molecule has 25 heavy (non-hydrogen) atoms. The summed E-state index contributed by atoms with van der Waals surface area (Å²) in [6.45, 7) is 5.05. The predicted molar refractivity (Wildman–Crippen MR) is 97.8 cm³/mol. The van der Waals surface area contributed by atoms with Gasteiger partial charge in [0.25, 0.3) is 5.91 Å². The first-order valence-electron chi connectivity index (χ1n) is 9.08. The maximum Gasteiger partial charge on any atom is 0.259 e. The van der Waals surface area contributed by atoms with Gasteiger partial charge in [0.2, 0.25) is 0 Å². The average Bonchev–Trinajstić information content (AvgIpc) is 3.15. The molecule has 0 spiro atoms. The maximum absolute atomic E-state index is 13.0. The van der Waals surface area contributed by atoms with Gasteiger partial charge in [-0.1, -0.05) is 20.3 Å². The highest BCUT2D eigenvalue weighted by Gasteiger charge is 2.29. The molecular weight excluding hydrogens is 320 g/mol. The molecule has 0 aliphatic carbocycles. The Morgan fingerprint density at radius 2 is 2.16 bits per heavy atom. The number of hydrogen-bond donors (Lipinski definition) is 3. The Balaban J connectivity index is 2.37. The SMILES string of the molecule is CCCc1cc(OC)c(OC)c(C(=O)NC(CC)C2CCCN2)c1O. The van der Waals surface area contributed by atoms with E-state index in [0.717, 1.165) is 32.2 Å². The minimum atomic E-state index is -0.328. The van der Waals surface area contributed by atoms with Crippen molar-refractivity contribution in [2.45, 2.75) is 58.0 Å². The minimum absolute atomic E-state index is 0.0138. The Kier molecular flexibility index (Phi) is 6.93. The normalized spacial score (nSPS) is 18.0. The molecule has 1 heterocycles. The standard InChI is InChI=1S/C19H30N2O4/c1-5-8-12-11-15(24-3)18(25-4)16(17(12)22)19(23)21-13(6-2)14-9-7-10-20-14/h11,13-14,20,22H,5-10H2,1-4H3,(H,21,23). The number of benzene rings is 1. The summed E-state index contributed by atoms with van der Waals surface area (Å²) in [4.78, 5) is 13.0. The number of carbonyl (C=O) groups is 1. The van der Waals surface area contributed by atoms with Crippen molar-refractivity contribution in [3.05, 3.63) is 17.2 Å². The molecule has 1 aliphatic rings. The van der Waals surface area contributed by atoms with Crippen molar-refractivity contribution in [2.75, 3.05) is 20.8 Å². The van der Waals surface area contributed by atoms with Crippen LogP contribution in [0.5, 0.6) is 17.2 Å². The summed E-state index contributed by atoms with van der Waals surface area (Å²) in [5, 5.41) is 17.2. The highest BCUT2D eigenvalue weighted by atomic mass is 16.5. The van der Waals surface area contributed by atoms with E-state index in [1.54, 1.807) is 6.07 Å². The van der Waals surface area contributed by atoms with E-state index in [9.17, 15) is 9.90 Å². The largest absolute Gasteiger partial charge is 0.507 e.